The topological polar surface area (TPSA) is 107 Å². The Balaban J connectivity index is 3.44. The smallest absolute Gasteiger partial charge is 0.387 e. The van der Waals surface area contributed by atoms with Crippen LogP contribution in [0.3, 0.4) is 0 Å². The molecule has 0 saturated heterocycles. The molecule has 0 unspecified atom stereocenters. The summed E-state index contributed by atoms with van der Waals surface area (Å²) in [5.74, 6) is -1.88. The molecule has 0 bridgehead atoms. The van der Waals surface area contributed by atoms with E-state index in [1.807, 2.05) is 0 Å². The van der Waals surface area contributed by atoms with Gasteiger partial charge < -0.3 is 9.84 Å². The highest BCUT2D eigenvalue weighted by molar-refractivity contribution is 5.90. The van der Waals surface area contributed by atoms with Crippen LogP contribution in [0.2, 0.25) is 0 Å². The van der Waals surface area contributed by atoms with Crippen LogP contribution < -0.4 is 4.74 Å². The summed E-state index contributed by atoms with van der Waals surface area (Å²) >= 11 is 0. The van der Waals surface area contributed by atoms with Crippen molar-refractivity contribution in [2.24, 2.45) is 0 Å². The molecule has 0 aliphatic rings. The van der Waals surface area contributed by atoms with Crippen molar-refractivity contribution in [2.45, 2.75) is 6.61 Å². The van der Waals surface area contributed by atoms with Crippen molar-refractivity contribution < 1.29 is 33.1 Å². The number of nitro benzene ring substituents is 1. The molecule has 7 nitrogen and oxygen atoms in total. The largest absolute Gasteiger partial charge is 0.478 e. The fourth-order valence-corrected chi connectivity index (χ4v) is 1.41. The van der Waals surface area contributed by atoms with Crippen molar-refractivity contribution in [3.8, 4) is 5.75 Å². The van der Waals surface area contributed by atoms with Gasteiger partial charge in [-0.05, 0) is 18.2 Å². The number of rotatable bonds is 6. The lowest BCUT2D eigenvalue weighted by atomic mass is 10.1. The highest BCUT2D eigenvalue weighted by Gasteiger charge is 2.21. The third-order valence-corrected chi connectivity index (χ3v) is 2.08. The summed E-state index contributed by atoms with van der Waals surface area (Å²) in [7, 11) is 0. The number of halogens is 2. The molecule has 0 atom stereocenters. The number of aliphatic carboxylic acids is 1. The zero-order chi connectivity index (χ0) is 15.3. The van der Waals surface area contributed by atoms with E-state index < -0.39 is 34.5 Å². The van der Waals surface area contributed by atoms with Crippen LogP contribution >= 0.6 is 0 Å². The first-order valence-corrected chi connectivity index (χ1v) is 4.98. The van der Waals surface area contributed by atoms with Crippen LogP contribution in [0, 0.1) is 10.1 Å². The van der Waals surface area contributed by atoms with E-state index in [1.54, 1.807) is 0 Å². The minimum absolute atomic E-state index is 0.0918. The van der Waals surface area contributed by atoms with Gasteiger partial charge in [0, 0.05) is 6.08 Å². The van der Waals surface area contributed by atoms with Gasteiger partial charge in [-0.2, -0.15) is 8.78 Å². The Kier molecular flexibility index (Phi) is 4.84. The second kappa shape index (κ2) is 6.36. The molecule has 9 heteroatoms. The first kappa shape index (κ1) is 15.2. The summed E-state index contributed by atoms with van der Waals surface area (Å²) in [6.45, 7) is -3.19. The summed E-state index contributed by atoms with van der Waals surface area (Å²) in [5, 5.41) is 19.3. The van der Waals surface area contributed by atoms with E-state index in [2.05, 4.69) is 4.74 Å². The summed E-state index contributed by atoms with van der Waals surface area (Å²) in [4.78, 5) is 31.1. The third kappa shape index (κ3) is 3.83. The molecule has 1 aromatic carbocycles. The Labute approximate surface area is 110 Å². The minimum atomic E-state index is -3.19. The summed E-state index contributed by atoms with van der Waals surface area (Å²) in [5.41, 5.74) is -1.53. The number of carbonyl (C=O) groups excluding carboxylic acids is 1. The number of nitro groups is 1. The van der Waals surface area contributed by atoms with Crippen molar-refractivity contribution in [2.75, 3.05) is 0 Å². The lowest BCUT2D eigenvalue weighted by Crippen LogP contribution is -2.05. The molecule has 1 N–H and O–H groups in total. The average Bonchev–Trinajstić information content (AvgIpc) is 2.34. The van der Waals surface area contributed by atoms with E-state index in [1.165, 1.54) is 0 Å². The predicted octanol–water partition coefficient (Wildman–Crippen LogP) is 2.11. The Hall–Kier alpha value is -2.84. The third-order valence-electron chi connectivity index (χ3n) is 2.08. The number of alkyl halides is 2. The van der Waals surface area contributed by atoms with Gasteiger partial charge in [-0.25, -0.2) is 4.79 Å². The average molecular weight is 287 g/mol. The maximum atomic E-state index is 12.1. The molecule has 0 fully saturated rings. The first-order chi connectivity index (χ1) is 9.35. The lowest BCUT2D eigenvalue weighted by molar-refractivity contribution is -0.385. The van der Waals surface area contributed by atoms with E-state index in [-0.39, 0.29) is 11.8 Å². The maximum absolute atomic E-state index is 12.1. The Bertz CT molecular complexity index is 585. The molecular weight excluding hydrogens is 280 g/mol. The number of carbonyl (C=O) groups is 2. The highest BCUT2D eigenvalue weighted by atomic mass is 19.3. The van der Waals surface area contributed by atoms with Gasteiger partial charge in [0.1, 0.15) is 5.75 Å². The van der Waals surface area contributed by atoms with Crippen molar-refractivity contribution >= 4 is 24.0 Å². The molecule has 0 aliphatic heterocycles. The van der Waals surface area contributed by atoms with Gasteiger partial charge >= 0.3 is 12.6 Å². The normalized spacial score (nSPS) is 10.8. The summed E-state index contributed by atoms with van der Waals surface area (Å²) in [6.07, 6.45) is 1.48. The molecule has 0 spiro atoms. The number of ether oxygens (including phenoxy) is 1. The van der Waals surface area contributed by atoms with Crippen LogP contribution in [-0.2, 0) is 4.79 Å². The molecule has 0 aromatic heterocycles. The van der Waals surface area contributed by atoms with Gasteiger partial charge in [-0.15, -0.1) is 0 Å². The Morgan fingerprint density at radius 3 is 2.45 bits per heavy atom. The number of hydrogen-bond acceptors (Lipinski definition) is 5. The Morgan fingerprint density at radius 2 is 2.00 bits per heavy atom. The SMILES string of the molecule is O=Cc1cc(OC(F)F)cc(/C=C/C(=O)O)c1[N+](=O)[O-]. The van der Waals surface area contributed by atoms with E-state index in [4.69, 9.17) is 5.11 Å². The monoisotopic (exact) mass is 287 g/mol. The van der Waals surface area contributed by atoms with Crippen LogP contribution in [0.25, 0.3) is 6.08 Å². The maximum Gasteiger partial charge on any atom is 0.387 e. The van der Waals surface area contributed by atoms with E-state index in [0.29, 0.717) is 6.08 Å². The zero-order valence-corrected chi connectivity index (χ0v) is 9.66. The second-order valence-corrected chi connectivity index (χ2v) is 3.38. The minimum Gasteiger partial charge on any atom is -0.478 e. The quantitative estimate of drug-likeness (QED) is 0.371. The van der Waals surface area contributed by atoms with Crippen LogP contribution in [0.4, 0.5) is 14.5 Å². The predicted molar refractivity (Wildman–Crippen MR) is 61.8 cm³/mol. The molecule has 0 heterocycles. The molecule has 0 aliphatic carbocycles. The number of benzene rings is 1. The number of nitrogens with zero attached hydrogens (tertiary/aromatic N) is 1. The molecule has 1 aromatic rings. The molecule has 0 amide bonds. The fourth-order valence-electron chi connectivity index (χ4n) is 1.41. The molecular formula is C11H7F2NO6. The zero-order valence-electron chi connectivity index (χ0n) is 9.66. The van der Waals surface area contributed by atoms with Gasteiger partial charge in [0.25, 0.3) is 5.69 Å². The van der Waals surface area contributed by atoms with E-state index in [0.717, 1.165) is 18.2 Å². The van der Waals surface area contributed by atoms with E-state index in [9.17, 15) is 28.5 Å². The van der Waals surface area contributed by atoms with Crippen molar-refractivity contribution in [1.29, 1.82) is 0 Å². The van der Waals surface area contributed by atoms with Gasteiger partial charge in [0.2, 0.25) is 0 Å². The van der Waals surface area contributed by atoms with Gasteiger partial charge in [0.05, 0.1) is 16.1 Å². The number of hydrogen-bond donors (Lipinski definition) is 1. The number of carboxylic acid groups (broad SMARTS) is 1. The highest BCUT2D eigenvalue weighted by Crippen LogP contribution is 2.30. The summed E-state index contributed by atoms with van der Waals surface area (Å²) < 4.78 is 28.3. The molecule has 0 radical (unpaired) electrons. The van der Waals surface area contributed by atoms with Crippen molar-refractivity contribution in [3.05, 3.63) is 39.4 Å². The standard InChI is InChI=1S/C11H7F2NO6/c12-11(13)20-8-3-6(1-2-9(16)17)10(14(18)19)7(4-8)5-15/h1-5,11H,(H,16,17)/b2-1+. The number of aldehydes is 1. The van der Waals surface area contributed by atoms with E-state index >= 15 is 0 Å². The Morgan fingerprint density at radius 1 is 1.40 bits per heavy atom. The van der Waals surface area contributed by atoms with Gasteiger partial charge in [-0.3, -0.25) is 14.9 Å². The molecule has 20 heavy (non-hydrogen) atoms. The second-order valence-electron chi connectivity index (χ2n) is 3.38. The van der Waals surface area contributed by atoms with Gasteiger partial charge in [0.15, 0.2) is 6.29 Å². The van der Waals surface area contributed by atoms with Crippen LogP contribution in [0.1, 0.15) is 15.9 Å². The molecule has 106 valence electrons. The van der Waals surface area contributed by atoms with Crippen LogP contribution in [0.15, 0.2) is 18.2 Å². The first-order valence-electron chi connectivity index (χ1n) is 4.98. The van der Waals surface area contributed by atoms with Crippen molar-refractivity contribution in [1.82, 2.24) is 0 Å². The molecule has 1 rings (SSSR count). The van der Waals surface area contributed by atoms with Crippen LogP contribution in [0.5, 0.6) is 5.75 Å². The molecule has 0 saturated carbocycles. The lowest BCUT2D eigenvalue weighted by Gasteiger charge is -2.07. The van der Waals surface area contributed by atoms with Gasteiger partial charge in [-0.1, -0.05) is 0 Å². The van der Waals surface area contributed by atoms with Crippen LogP contribution in [-0.4, -0.2) is 28.9 Å². The summed E-state index contributed by atoms with van der Waals surface area (Å²) in [6, 6.07) is 1.62. The number of carboxylic acids is 1. The van der Waals surface area contributed by atoms with Crippen molar-refractivity contribution in [3.63, 3.8) is 0 Å². The fraction of sp³-hybridized carbons (Fsp3) is 0.0909.